The number of fused-ring (bicyclic) bond motifs is 3. The number of piperidine rings is 1. The van der Waals surface area contributed by atoms with Crippen LogP contribution >= 0.6 is 0 Å². The summed E-state index contributed by atoms with van der Waals surface area (Å²) in [5.74, 6) is 1.30. The average Bonchev–Trinajstić information content (AvgIpc) is 2.65. The van der Waals surface area contributed by atoms with Gasteiger partial charge in [0.2, 0.25) is 0 Å². The molecular weight excluding hydrogens is 332 g/mol. The Kier molecular flexibility index (Phi) is 5.73. The molecule has 2 N–H and O–H groups in total. The molecule has 144 valence electrons. The summed E-state index contributed by atoms with van der Waals surface area (Å²) in [4.78, 5) is 14.7. The highest BCUT2D eigenvalue weighted by atomic mass is 16.5. The molecule has 26 heavy (non-hydrogen) atoms. The summed E-state index contributed by atoms with van der Waals surface area (Å²) in [7, 11) is 3.32. The number of rotatable bonds is 5. The van der Waals surface area contributed by atoms with Crippen LogP contribution in [0.2, 0.25) is 0 Å². The van der Waals surface area contributed by atoms with Gasteiger partial charge in [-0.25, -0.2) is 0 Å². The number of hydrogen-bond donors (Lipinski definition) is 1. The van der Waals surface area contributed by atoms with Crippen LogP contribution in [0, 0.1) is 5.92 Å². The summed E-state index contributed by atoms with van der Waals surface area (Å²) in [5.41, 5.74) is 8.48. The van der Waals surface area contributed by atoms with E-state index in [1.54, 1.807) is 14.2 Å². The van der Waals surface area contributed by atoms with Crippen LogP contribution in [0.3, 0.4) is 0 Å². The summed E-state index contributed by atoms with van der Waals surface area (Å²) in [6, 6.07) is 3.83. The first-order valence-corrected chi connectivity index (χ1v) is 9.39. The lowest BCUT2D eigenvalue weighted by Gasteiger charge is -2.43. The number of nitrogens with two attached hydrogens (primary N) is 1. The molecule has 1 saturated heterocycles. The van der Waals surface area contributed by atoms with Crippen molar-refractivity contribution >= 4 is 5.97 Å². The van der Waals surface area contributed by atoms with Gasteiger partial charge < -0.3 is 19.9 Å². The van der Waals surface area contributed by atoms with Gasteiger partial charge in [-0.2, -0.15) is 0 Å². The van der Waals surface area contributed by atoms with Gasteiger partial charge in [-0.3, -0.25) is 9.69 Å². The first kappa shape index (κ1) is 19.0. The zero-order valence-corrected chi connectivity index (χ0v) is 16.2. The van der Waals surface area contributed by atoms with Crippen molar-refractivity contribution in [2.75, 3.05) is 27.3 Å². The van der Waals surface area contributed by atoms with E-state index in [9.17, 15) is 4.79 Å². The van der Waals surface area contributed by atoms with Crippen LogP contribution in [0.4, 0.5) is 0 Å². The minimum Gasteiger partial charge on any atom is -0.493 e. The summed E-state index contributed by atoms with van der Waals surface area (Å²) < 4.78 is 16.7. The van der Waals surface area contributed by atoms with E-state index in [2.05, 4.69) is 17.0 Å². The Bertz CT molecular complexity index is 661. The van der Waals surface area contributed by atoms with E-state index < -0.39 is 6.04 Å². The number of esters is 1. The number of carbonyl (C=O) groups excluding carboxylic acids is 1. The van der Waals surface area contributed by atoms with Crippen LogP contribution in [-0.2, 0) is 16.0 Å². The lowest BCUT2D eigenvalue weighted by Crippen LogP contribution is -2.46. The van der Waals surface area contributed by atoms with Crippen LogP contribution < -0.4 is 15.2 Å². The molecule has 1 aromatic carbocycles. The molecule has 0 saturated carbocycles. The number of carbonyl (C=O) groups is 1. The number of hydrogen-bond acceptors (Lipinski definition) is 6. The topological polar surface area (TPSA) is 74.0 Å². The maximum Gasteiger partial charge on any atom is 0.323 e. The molecule has 3 rings (SSSR count). The van der Waals surface area contributed by atoms with Gasteiger partial charge in [-0.1, -0.05) is 13.8 Å². The summed E-state index contributed by atoms with van der Waals surface area (Å²) >= 11 is 0. The molecule has 3 atom stereocenters. The molecule has 0 radical (unpaired) electrons. The Morgan fingerprint density at radius 3 is 2.54 bits per heavy atom. The molecule has 0 amide bonds. The molecule has 2 heterocycles. The van der Waals surface area contributed by atoms with E-state index >= 15 is 0 Å². The quantitative estimate of drug-likeness (QED) is 0.810. The second kappa shape index (κ2) is 7.84. The minimum absolute atomic E-state index is 0.0784. The Morgan fingerprint density at radius 2 is 1.88 bits per heavy atom. The smallest absolute Gasteiger partial charge is 0.323 e. The third kappa shape index (κ3) is 3.67. The zero-order chi connectivity index (χ0) is 18.8. The van der Waals surface area contributed by atoms with Crippen LogP contribution in [0.15, 0.2) is 12.1 Å². The third-order valence-corrected chi connectivity index (χ3v) is 5.61. The van der Waals surface area contributed by atoms with E-state index in [4.69, 9.17) is 19.9 Å². The SMILES string of the molecule is COc1cc2c(cc1OC)C1C[C@@H](OC(=O)[C@@H](N)C(C)C)CCN1CC2. The van der Waals surface area contributed by atoms with Crippen molar-refractivity contribution in [3.8, 4) is 11.5 Å². The standard InChI is InChI=1S/C20H30N2O4/c1-12(2)19(21)20(23)26-14-6-8-22-7-5-13-9-17(24-3)18(25-4)11-15(13)16(22)10-14/h9,11-12,14,16,19H,5-8,10,21H2,1-4H3/t14-,16?,19-/m0/s1. The normalized spacial score (nSPS) is 23.8. The first-order chi connectivity index (χ1) is 12.4. The van der Waals surface area contributed by atoms with Crippen molar-refractivity contribution in [2.24, 2.45) is 11.7 Å². The van der Waals surface area contributed by atoms with Gasteiger partial charge in [0, 0.05) is 25.6 Å². The van der Waals surface area contributed by atoms with Crippen LogP contribution in [0.5, 0.6) is 11.5 Å². The van der Waals surface area contributed by atoms with E-state index in [0.29, 0.717) is 0 Å². The Labute approximate surface area is 155 Å². The van der Waals surface area contributed by atoms with E-state index in [1.165, 1.54) is 11.1 Å². The van der Waals surface area contributed by atoms with Crippen molar-refractivity contribution in [3.63, 3.8) is 0 Å². The molecule has 2 aliphatic rings. The largest absolute Gasteiger partial charge is 0.493 e. The van der Waals surface area contributed by atoms with Gasteiger partial charge >= 0.3 is 5.97 Å². The van der Waals surface area contributed by atoms with Gasteiger partial charge in [-0.05, 0) is 42.0 Å². The third-order valence-electron chi connectivity index (χ3n) is 5.61. The molecule has 0 aromatic heterocycles. The summed E-state index contributed by atoms with van der Waals surface area (Å²) in [6.45, 7) is 5.81. The van der Waals surface area contributed by atoms with Crippen LogP contribution in [0.25, 0.3) is 0 Å². The van der Waals surface area contributed by atoms with Crippen molar-refractivity contribution in [1.82, 2.24) is 4.90 Å². The second-order valence-corrected chi connectivity index (χ2v) is 7.56. The molecule has 0 spiro atoms. The number of benzene rings is 1. The molecule has 2 aliphatic heterocycles. The maximum absolute atomic E-state index is 12.2. The number of methoxy groups -OCH3 is 2. The fourth-order valence-corrected chi connectivity index (χ4v) is 3.92. The predicted octanol–water partition coefficient (Wildman–Crippen LogP) is 2.29. The monoisotopic (exact) mass is 362 g/mol. The molecule has 0 bridgehead atoms. The molecule has 1 fully saturated rings. The van der Waals surface area contributed by atoms with Crippen molar-refractivity contribution < 1.29 is 19.0 Å². The molecule has 0 aliphatic carbocycles. The summed E-state index contributed by atoms with van der Waals surface area (Å²) in [6.07, 6.45) is 2.55. The Hall–Kier alpha value is -1.79. The number of nitrogens with zero attached hydrogens (tertiary/aromatic N) is 1. The second-order valence-electron chi connectivity index (χ2n) is 7.56. The van der Waals surface area contributed by atoms with Gasteiger partial charge in [0.05, 0.1) is 14.2 Å². The summed E-state index contributed by atoms with van der Waals surface area (Å²) in [5, 5.41) is 0. The fourth-order valence-electron chi connectivity index (χ4n) is 3.92. The highest BCUT2D eigenvalue weighted by Gasteiger charge is 2.36. The Morgan fingerprint density at radius 1 is 1.19 bits per heavy atom. The number of ether oxygens (including phenoxy) is 3. The molecule has 1 aromatic rings. The van der Waals surface area contributed by atoms with Crippen molar-refractivity contribution in [1.29, 1.82) is 0 Å². The zero-order valence-electron chi connectivity index (χ0n) is 16.2. The van der Waals surface area contributed by atoms with E-state index in [-0.39, 0.29) is 24.0 Å². The highest BCUT2D eigenvalue weighted by molar-refractivity contribution is 5.76. The van der Waals surface area contributed by atoms with Crippen molar-refractivity contribution in [3.05, 3.63) is 23.3 Å². The van der Waals surface area contributed by atoms with Crippen LogP contribution in [0.1, 0.15) is 43.9 Å². The lowest BCUT2D eigenvalue weighted by atomic mass is 9.85. The molecule has 6 heteroatoms. The highest BCUT2D eigenvalue weighted by Crippen LogP contribution is 2.42. The lowest BCUT2D eigenvalue weighted by molar-refractivity contribution is -0.155. The van der Waals surface area contributed by atoms with Gasteiger partial charge in [0.15, 0.2) is 11.5 Å². The van der Waals surface area contributed by atoms with E-state index in [0.717, 1.165) is 43.9 Å². The van der Waals surface area contributed by atoms with E-state index in [1.807, 2.05) is 13.8 Å². The van der Waals surface area contributed by atoms with Crippen LogP contribution in [-0.4, -0.2) is 50.3 Å². The van der Waals surface area contributed by atoms with Gasteiger partial charge in [-0.15, -0.1) is 0 Å². The van der Waals surface area contributed by atoms with Crippen molar-refractivity contribution in [2.45, 2.75) is 51.3 Å². The maximum atomic E-state index is 12.2. The predicted molar refractivity (Wildman–Crippen MR) is 99.5 cm³/mol. The molecular formula is C20H30N2O4. The van der Waals surface area contributed by atoms with Gasteiger partial charge in [0.1, 0.15) is 12.1 Å². The average molecular weight is 362 g/mol. The Balaban J connectivity index is 1.78. The molecule has 1 unspecified atom stereocenters. The first-order valence-electron chi connectivity index (χ1n) is 9.39. The fraction of sp³-hybridized carbons (Fsp3) is 0.650. The molecule has 6 nitrogen and oxygen atoms in total. The minimum atomic E-state index is -0.559. The van der Waals surface area contributed by atoms with Gasteiger partial charge in [0.25, 0.3) is 0 Å².